The summed E-state index contributed by atoms with van der Waals surface area (Å²) in [5.74, 6) is 0.697. The Morgan fingerprint density at radius 2 is 1.81 bits per heavy atom. The van der Waals surface area contributed by atoms with E-state index in [1.165, 1.54) is 12.1 Å². The van der Waals surface area contributed by atoms with Gasteiger partial charge in [-0.25, -0.2) is 4.39 Å². The third-order valence-corrected chi connectivity index (χ3v) is 6.14. The van der Waals surface area contributed by atoms with Gasteiger partial charge in [0.2, 0.25) is 5.91 Å². The number of fused-ring (bicyclic) bond motifs is 1. The second-order valence-corrected chi connectivity index (χ2v) is 8.68. The van der Waals surface area contributed by atoms with Crippen molar-refractivity contribution in [2.45, 2.75) is 19.3 Å². The Labute approximate surface area is 188 Å². The number of ketones is 1. The molecule has 31 heavy (non-hydrogen) atoms. The number of halogens is 2. The van der Waals surface area contributed by atoms with Crippen LogP contribution in [0.25, 0.3) is 0 Å². The van der Waals surface area contributed by atoms with Gasteiger partial charge in [-0.1, -0.05) is 15.9 Å². The minimum absolute atomic E-state index is 0.0375. The topological polar surface area (TPSA) is 67.9 Å². The summed E-state index contributed by atoms with van der Waals surface area (Å²) >= 11 is 3.20. The summed E-state index contributed by atoms with van der Waals surface area (Å²) in [4.78, 5) is 27.2. The maximum Gasteiger partial charge on any atom is 0.225 e. The van der Waals surface area contributed by atoms with Crippen LogP contribution in [0.3, 0.4) is 0 Å². The number of nitrogens with one attached hydrogen (secondary N) is 1. The van der Waals surface area contributed by atoms with E-state index in [-0.39, 0.29) is 29.7 Å². The quantitative estimate of drug-likeness (QED) is 0.612. The van der Waals surface area contributed by atoms with E-state index in [2.05, 4.69) is 26.1 Å². The lowest BCUT2D eigenvalue weighted by Crippen LogP contribution is -2.38. The van der Waals surface area contributed by atoms with Gasteiger partial charge in [-0.3, -0.25) is 9.59 Å². The van der Waals surface area contributed by atoms with Gasteiger partial charge in [0, 0.05) is 28.9 Å². The highest BCUT2D eigenvalue weighted by Gasteiger charge is 2.27. The van der Waals surface area contributed by atoms with Crippen molar-refractivity contribution in [3.8, 4) is 11.5 Å². The van der Waals surface area contributed by atoms with E-state index in [4.69, 9.17) is 9.47 Å². The van der Waals surface area contributed by atoms with Crippen LogP contribution in [0.5, 0.6) is 11.5 Å². The minimum Gasteiger partial charge on any atom is -0.486 e. The lowest BCUT2D eigenvalue weighted by atomic mass is 9.88. The molecule has 2 aromatic rings. The standard InChI is InChI=1S/C23H24BrFN2O4/c24-17-2-3-19(18(25)14-17)26-22(28)7-10-27-8-5-15(6-9-27)23(29)16-1-4-20-21(13-16)31-12-11-30-20/h1-4,13-15H,5-12H2,(H,26,28). The summed E-state index contributed by atoms with van der Waals surface area (Å²) in [5, 5.41) is 2.61. The Morgan fingerprint density at radius 3 is 2.55 bits per heavy atom. The zero-order valence-corrected chi connectivity index (χ0v) is 18.6. The SMILES string of the molecule is O=C(CCN1CCC(C(=O)c2ccc3c(c2)OCCO3)CC1)Nc1ccc(Br)cc1F. The van der Waals surface area contributed by atoms with Crippen LogP contribution in [0.4, 0.5) is 10.1 Å². The zero-order chi connectivity index (χ0) is 21.8. The average Bonchev–Trinajstić information content (AvgIpc) is 2.79. The molecule has 0 radical (unpaired) electrons. The minimum atomic E-state index is -0.471. The molecule has 2 heterocycles. The first-order valence-corrected chi connectivity index (χ1v) is 11.2. The normalized spacial score (nSPS) is 16.7. The Bertz CT molecular complexity index is 976. The van der Waals surface area contributed by atoms with Crippen molar-refractivity contribution in [1.82, 2.24) is 4.90 Å². The fourth-order valence-electron chi connectivity index (χ4n) is 3.91. The number of hydrogen-bond donors (Lipinski definition) is 1. The lowest BCUT2D eigenvalue weighted by molar-refractivity contribution is -0.116. The van der Waals surface area contributed by atoms with Crippen LogP contribution in [0.2, 0.25) is 0 Å². The maximum atomic E-state index is 13.9. The van der Waals surface area contributed by atoms with Gasteiger partial charge in [0.1, 0.15) is 19.0 Å². The van der Waals surface area contributed by atoms with E-state index in [9.17, 15) is 14.0 Å². The zero-order valence-electron chi connectivity index (χ0n) is 17.0. The number of Topliss-reactive ketones (excluding diaryl/α,β-unsaturated/α-hetero) is 1. The summed E-state index contributed by atoms with van der Waals surface area (Å²) in [6.07, 6.45) is 1.77. The molecule has 1 amide bonds. The molecule has 0 aromatic heterocycles. The van der Waals surface area contributed by atoms with E-state index < -0.39 is 5.82 Å². The van der Waals surface area contributed by atoms with Gasteiger partial charge in [0.05, 0.1) is 5.69 Å². The van der Waals surface area contributed by atoms with E-state index in [0.29, 0.717) is 41.3 Å². The number of carbonyl (C=O) groups excluding carboxylic acids is 2. The van der Waals surface area contributed by atoms with Gasteiger partial charge < -0.3 is 19.7 Å². The molecular weight excluding hydrogens is 467 g/mol. The molecule has 1 N–H and O–H groups in total. The van der Waals surface area contributed by atoms with E-state index in [1.54, 1.807) is 24.3 Å². The van der Waals surface area contributed by atoms with Gasteiger partial charge in [-0.15, -0.1) is 0 Å². The summed E-state index contributed by atoms with van der Waals surface area (Å²) in [6, 6.07) is 9.90. The first kappa shape index (κ1) is 21.8. The first-order chi connectivity index (χ1) is 15.0. The van der Waals surface area contributed by atoms with Gasteiger partial charge in [-0.2, -0.15) is 0 Å². The summed E-state index contributed by atoms with van der Waals surface area (Å²) in [5.41, 5.74) is 0.829. The predicted octanol–water partition coefficient (Wildman–Crippen LogP) is 4.28. The molecule has 0 saturated carbocycles. The van der Waals surface area contributed by atoms with Crippen LogP contribution in [0.15, 0.2) is 40.9 Å². The monoisotopic (exact) mass is 490 g/mol. The van der Waals surface area contributed by atoms with E-state index >= 15 is 0 Å². The van der Waals surface area contributed by atoms with Gasteiger partial charge >= 0.3 is 0 Å². The second kappa shape index (κ2) is 9.78. The largest absolute Gasteiger partial charge is 0.486 e. The summed E-state index contributed by atoms with van der Waals surface area (Å²) in [6.45, 7) is 3.09. The van der Waals surface area contributed by atoms with Crippen LogP contribution in [0, 0.1) is 11.7 Å². The molecule has 0 aliphatic carbocycles. The number of hydrogen-bond acceptors (Lipinski definition) is 5. The maximum absolute atomic E-state index is 13.9. The fourth-order valence-corrected chi connectivity index (χ4v) is 4.25. The van der Waals surface area contributed by atoms with E-state index in [0.717, 1.165) is 25.9 Å². The molecular formula is C23H24BrFN2O4. The number of amides is 1. The van der Waals surface area contributed by atoms with Gasteiger partial charge in [0.25, 0.3) is 0 Å². The Balaban J connectivity index is 1.24. The number of likely N-dealkylation sites (tertiary alicyclic amines) is 1. The highest BCUT2D eigenvalue weighted by molar-refractivity contribution is 9.10. The van der Waals surface area contributed by atoms with Crippen molar-refractivity contribution in [2.24, 2.45) is 5.92 Å². The Kier molecular flexibility index (Phi) is 6.87. The number of ether oxygens (including phenoxy) is 2. The van der Waals surface area contributed by atoms with Crippen molar-refractivity contribution in [3.63, 3.8) is 0 Å². The Hall–Kier alpha value is -2.45. The third kappa shape index (κ3) is 5.43. The molecule has 2 aliphatic heterocycles. The molecule has 0 unspecified atom stereocenters. The molecule has 2 aliphatic rings. The molecule has 164 valence electrons. The van der Waals surface area contributed by atoms with Gasteiger partial charge in [0.15, 0.2) is 17.3 Å². The molecule has 8 heteroatoms. The van der Waals surface area contributed by atoms with Crippen LogP contribution < -0.4 is 14.8 Å². The van der Waals surface area contributed by atoms with Gasteiger partial charge in [-0.05, 0) is 62.3 Å². The number of anilines is 1. The van der Waals surface area contributed by atoms with Crippen LogP contribution in [-0.2, 0) is 4.79 Å². The van der Waals surface area contributed by atoms with Crippen LogP contribution >= 0.6 is 15.9 Å². The number of carbonyl (C=O) groups is 2. The average molecular weight is 491 g/mol. The third-order valence-electron chi connectivity index (χ3n) is 5.65. The number of benzene rings is 2. The molecule has 1 fully saturated rings. The second-order valence-electron chi connectivity index (χ2n) is 7.76. The number of piperidine rings is 1. The molecule has 0 atom stereocenters. The van der Waals surface area contributed by atoms with Crippen molar-refractivity contribution in [2.75, 3.05) is 38.2 Å². The molecule has 0 spiro atoms. The smallest absolute Gasteiger partial charge is 0.225 e. The van der Waals surface area contributed by atoms with Crippen molar-refractivity contribution in [3.05, 3.63) is 52.3 Å². The van der Waals surface area contributed by atoms with Crippen LogP contribution in [0.1, 0.15) is 29.6 Å². The Morgan fingerprint density at radius 1 is 1.06 bits per heavy atom. The fraction of sp³-hybridized carbons (Fsp3) is 0.391. The molecule has 1 saturated heterocycles. The number of nitrogens with zero attached hydrogens (tertiary/aromatic N) is 1. The predicted molar refractivity (Wildman–Crippen MR) is 118 cm³/mol. The van der Waals surface area contributed by atoms with E-state index in [1.807, 2.05) is 0 Å². The lowest BCUT2D eigenvalue weighted by Gasteiger charge is -2.31. The molecule has 6 nitrogen and oxygen atoms in total. The van der Waals surface area contributed by atoms with Crippen LogP contribution in [-0.4, -0.2) is 49.4 Å². The summed E-state index contributed by atoms with van der Waals surface area (Å²) in [7, 11) is 0. The first-order valence-electron chi connectivity index (χ1n) is 10.4. The highest BCUT2D eigenvalue weighted by Crippen LogP contribution is 2.32. The highest BCUT2D eigenvalue weighted by atomic mass is 79.9. The van der Waals surface area contributed by atoms with Crippen molar-refractivity contribution >= 4 is 33.3 Å². The molecule has 0 bridgehead atoms. The molecule has 4 rings (SSSR count). The van der Waals surface area contributed by atoms with Crippen molar-refractivity contribution in [1.29, 1.82) is 0 Å². The summed E-state index contributed by atoms with van der Waals surface area (Å²) < 4.78 is 25.6. The number of rotatable bonds is 6. The molecule has 2 aromatic carbocycles. The van der Waals surface area contributed by atoms with Crippen molar-refractivity contribution < 1.29 is 23.5 Å².